The predicted octanol–water partition coefficient (Wildman–Crippen LogP) is 2.77. The normalized spacial score (nSPS) is 14.8. The molecule has 1 fully saturated rings. The molecule has 1 aliphatic rings. The quantitative estimate of drug-likeness (QED) is 0.817. The van der Waals surface area contributed by atoms with Gasteiger partial charge in [0.1, 0.15) is 5.75 Å². The van der Waals surface area contributed by atoms with Crippen LogP contribution < -0.4 is 15.8 Å². The molecule has 1 aromatic rings. The number of nitrogens with two attached hydrogens (primary N) is 1. The Labute approximate surface area is 134 Å². The largest absolute Gasteiger partial charge is 0.483 e. The van der Waals surface area contributed by atoms with Gasteiger partial charge in [0.15, 0.2) is 6.61 Å². The highest BCUT2D eigenvalue weighted by atomic mass is 79.9. The van der Waals surface area contributed by atoms with Gasteiger partial charge >= 0.3 is 0 Å². The van der Waals surface area contributed by atoms with Crippen molar-refractivity contribution in [1.82, 2.24) is 5.32 Å². The van der Waals surface area contributed by atoms with Gasteiger partial charge in [-0.3, -0.25) is 4.79 Å². The van der Waals surface area contributed by atoms with Gasteiger partial charge in [0.2, 0.25) is 0 Å². The fourth-order valence-electron chi connectivity index (χ4n) is 2.36. The van der Waals surface area contributed by atoms with Crippen molar-refractivity contribution in [2.75, 3.05) is 6.61 Å². The Morgan fingerprint density at radius 3 is 2.75 bits per heavy atom. The topological polar surface area (TPSA) is 64.4 Å². The second kappa shape index (κ2) is 8.49. The lowest BCUT2D eigenvalue weighted by molar-refractivity contribution is -0.119. The van der Waals surface area contributed by atoms with E-state index in [1.54, 1.807) is 0 Å². The van der Waals surface area contributed by atoms with E-state index in [2.05, 4.69) is 21.2 Å². The minimum absolute atomic E-state index is 0. The van der Waals surface area contributed by atoms with Crippen molar-refractivity contribution in [3.05, 3.63) is 28.2 Å². The van der Waals surface area contributed by atoms with Crippen LogP contribution in [-0.4, -0.2) is 18.6 Å². The molecule has 1 aliphatic carbocycles. The maximum Gasteiger partial charge on any atom is 0.255 e. The summed E-state index contributed by atoms with van der Waals surface area (Å²) in [5, 5.41) is 3.54. The number of primary amides is 1. The van der Waals surface area contributed by atoms with Crippen molar-refractivity contribution in [2.45, 2.75) is 38.3 Å². The molecule has 6 heteroatoms. The molecule has 0 radical (unpaired) electrons. The highest BCUT2D eigenvalue weighted by Gasteiger charge is 2.15. The number of amides is 1. The third-order valence-electron chi connectivity index (χ3n) is 3.33. The van der Waals surface area contributed by atoms with Crippen LogP contribution in [0.4, 0.5) is 0 Å². The molecule has 20 heavy (non-hydrogen) atoms. The standard InChI is InChI=1S/C14H19BrN2O2.ClH/c15-11-5-6-13(19-9-14(16)18)10(7-11)8-17-12-3-1-2-4-12;/h5-7,12,17H,1-4,8-9H2,(H2,16,18);1H. The molecule has 0 heterocycles. The Balaban J connectivity index is 0.00000200. The summed E-state index contributed by atoms with van der Waals surface area (Å²) in [6.45, 7) is 0.663. The average molecular weight is 364 g/mol. The van der Waals surface area contributed by atoms with Gasteiger partial charge in [-0.15, -0.1) is 12.4 Å². The third-order valence-corrected chi connectivity index (χ3v) is 3.82. The van der Waals surface area contributed by atoms with Crippen LogP contribution in [0.2, 0.25) is 0 Å². The van der Waals surface area contributed by atoms with E-state index in [1.165, 1.54) is 25.7 Å². The molecule has 2 rings (SSSR count). The number of ether oxygens (including phenoxy) is 1. The SMILES string of the molecule is Cl.NC(=O)COc1ccc(Br)cc1CNC1CCCC1. The Hall–Kier alpha value is -0.780. The van der Waals surface area contributed by atoms with Gasteiger partial charge in [0, 0.05) is 22.6 Å². The Morgan fingerprint density at radius 1 is 1.40 bits per heavy atom. The maximum atomic E-state index is 10.8. The summed E-state index contributed by atoms with van der Waals surface area (Å²) < 4.78 is 6.44. The maximum absolute atomic E-state index is 10.8. The lowest BCUT2D eigenvalue weighted by Crippen LogP contribution is -2.26. The van der Waals surface area contributed by atoms with E-state index in [1.807, 2.05) is 18.2 Å². The Morgan fingerprint density at radius 2 is 2.10 bits per heavy atom. The summed E-state index contributed by atoms with van der Waals surface area (Å²) in [6.07, 6.45) is 5.10. The molecule has 0 spiro atoms. The first-order valence-corrected chi connectivity index (χ1v) is 7.37. The summed E-state index contributed by atoms with van der Waals surface area (Å²) >= 11 is 3.45. The number of hydrogen-bond acceptors (Lipinski definition) is 3. The Bertz CT molecular complexity index is 451. The molecule has 112 valence electrons. The van der Waals surface area contributed by atoms with Gasteiger partial charge in [-0.25, -0.2) is 0 Å². The van der Waals surface area contributed by atoms with Crippen LogP contribution in [0.5, 0.6) is 5.75 Å². The molecule has 0 bridgehead atoms. The molecule has 1 aromatic carbocycles. The van der Waals surface area contributed by atoms with E-state index >= 15 is 0 Å². The molecule has 0 aromatic heterocycles. The number of nitrogens with one attached hydrogen (secondary N) is 1. The third kappa shape index (κ3) is 5.31. The van der Waals surface area contributed by atoms with Crippen molar-refractivity contribution in [1.29, 1.82) is 0 Å². The van der Waals surface area contributed by atoms with Crippen LogP contribution in [0.3, 0.4) is 0 Å². The van der Waals surface area contributed by atoms with Crippen LogP contribution >= 0.6 is 28.3 Å². The lowest BCUT2D eigenvalue weighted by atomic mass is 10.1. The van der Waals surface area contributed by atoms with Crippen molar-refractivity contribution in [3.8, 4) is 5.75 Å². The molecule has 3 N–H and O–H groups in total. The lowest BCUT2D eigenvalue weighted by Gasteiger charge is -2.15. The minimum atomic E-state index is -0.461. The van der Waals surface area contributed by atoms with Crippen LogP contribution in [0.1, 0.15) is 31.2 Å². The highest BCUT2D eigenvalue weighted by molar-refractivity contribution is 9.10. The van der Waals surface area contributed by atoms with Gasteiger partial charge in [-0.2, -0.15) is 0 Å². The zero-order valence-corrected chi connectivity index (χ0v) is 13.6. The predicted molar refractivity (Wildman–Crippen MR) is 85.2 cm³/mol. The number of benzene rings is 1. The van der Waals surface area contributed by atoms with Gasteiger partial charge < -0.3 is 15.8 Å². The van der Waals surface area contributed by atoms with Crippen molar-refractivity contribution in [2.24, 2.45) is 5.73 Å². The van der Waals surface area contributed by atoms with E-state index in [9.17, 15) is 4.79 Å². The average Bonchev–Trinajstić information content (AvgIpc) is 2.88. The second-order valence-electron chi connectivity index (χ2n) is 4.87. The first-order valence-electron chi connectivity index (χ1n) is 6.58. The molecule has 0 unspecified atom stereocenters. The number of halogens is 2. The van der Waals surface area contributed by atoms with Crippen LogP contribution in [0.15, 0.2) is 22.7 Å². The molecular formula is C14H20BrClN2O2. The smallest absolute Gasteiger partial charge is 0.255 e. The molecule has 1 amide bonds. The second-order valence-corrected chi connectivity index (χ2v) is 5.78. The van der Waals surface area contributed by atoms with Crippen molar-refractivity contribution < 1.29 is 9.53 Å². The monoisotopic (exact) mass is 362 g/mol. The summed E-state index contributed by atoms with van der Waals surface area (Å²) in [7, 11) is 0. The first-order chi connectivity index (χ1) is 9.15. The molecule has 0 aliphatic heterocycles. The van der Waals surface area contributed by atoms with Crippen molar-refractivity contribution >= 4 is 34.2 Å². The van der Waals surface area contributed by atoms with Gasteiger partial charge in [-0.05, 0) is 31.0 Å². The molecule has 1 saturated carbocycles. The fourth-order valence-corrected chi connectivity index (χ4v) is 2.77. The molecule has 0 saturated heterocycles. The summed E-state index contributed by atoms with van der Waals surface area (Å²) in [5.41, 5.74) is 6.15. The molecule has 4 nitrogen and oxygen atoms in total. The number of carbonyl (C=O) groups is 1. The number of rotatable bonds is 6. The number of carbonyl (C=O) groups excluding carboxylic acids is 1. The van der Waals surface area contributed by atoms with E-state index in [4.69, 9.17) is 10.5 Å². The van der Waals surface area contributed by atoms with E-state index in [0.717, 1.165) is 16.6 Å². The summed E-state index contributed by atoms with van der Waals surface area (Å²) in [5.74, 6) is 0.255. The van der Waals surface area contributed by atoms with Crippen LogP contribution in [-0.2, 0) is 11.3 Å². The van der Waals surface area contributed by atoms with E-state index in [-0.39, 0.29) is 19.0 Å². The first kappa shape index (κ1) is 17.3. The summed E-state index contributed by atoms with van der Waals surface area (Å²) in [4.78, 5) is 10.8. The van der Waals surface area contributed by atoms with Crippen LogP contribution in [0.25, 0.3) is 0 Å². The molecular weight excluding hydrogens is 344 g/mol. The van der Waals surface area contributed by atoms with Crippen LogP contribution in [0, 0.1) is 0 Å². The Kier molecular flexibility index (Phi) is 7.34. The summed E-state index contributed by atoms with van der Waals surface area (Å²) in [6, 6.07) is 6.37. The van der Waals surface area contributed by atoms with E-state index < -0.39 is 5.91 Å². The van der Waals surface area contributed by atoms with Gasteiger partial charge in [0.05, 0.1) is 0 Å². The van der Waals surface area contributed by atoms with Crippen molar-refractivity contribution in [3.63, 3.8) is 0 Å². The fraction of sp³-hybridized carbons (Fsp3) is 0.500. The number of hydrogen-bond donors (Lipinski definition) is 2. The zero-order valence-electron chi connectivity index (χ0n) is 11.2. The van der Waals surface area contributed by atoms with E-state index in [0.29, 0.717) is 11.8 Å². The molecule has 0 atom stereocenters. The minimum Gasteiger partial charge on any atom is -0.483 e. The van der Waals surface area contributed by atoms with Gasteiger partial charge in [0.25, 0.3) is 5.91 Å². The highest BCUT2D eigenvalue weighted by Crippen LogP contribution is 2.24. The van der Waals surface area contributed by atoms with Gasteiger partial charge in [-0.1, -0.05) is 28.8 Å². The zero-order chi connectivity index (χ0) is 13.7.